The van der Waals surface area contributed by atoms with Gasteiger partial charge in [-0.25, -0.2) is 9.97 Å². The summed E-state index contributed by atoms with van der Waals surface area (Å²) in [7, 11) is 0. The third kappa shape index (κ3) is 4.45. The number of hydrogen-bond donors (Lipinski definition) is 0. The van der Waals surface area contributed by atoms with Crippen molar-refractivity contribution < 1.29 is 4.79 Å². The largest absolute Gasteiger partial charge is 0.339 e. The first-order valence-electron chi connectivity index (χ1n) is 9.54. The summed E-state index contributed by atoms with van der Waals surface area (Å²) in [5.74, 6) is 0.204. The number of carbonyl (C=O) groups is 1. The van der Waals surface area contributed by atoms with Crippen LogP contribution in [-0.4, -0.2) is 37.9 Å². The van der Waals surface area contributed by atoms with Crippen LogP contribution in [0.25, 0.3) is 10.6 Å². The number of carbonyl (C=O) groups excluding carboxylic acids is 1. The molecule has 5 nitrogen and oxygen atoms in total. The number of imidazole rings is 1. The lowest BCUT2D eigenvalue weighted by atomic mass is 9.98. The molecular weight excluding hydrogens is 356 g/mol. The zero-order valence-electron chi connectivity index (χ0n) is 15.3. The van der Waals surface area contributed by atoms with Crippen molar-refractivity contribution in [2.75, 3.05) is 6.54 Å². The van der Waals surface area contributed by atoms with Crippen LogP contribution >= 0.6 is 11.3 Å². The van der Waals surface area contributed by atoms with Gasteiger partial charge in [-0.05, 0) is 25.7 Å². The van der Waals surface area contributed by atoms with Crippen LogP contribution in [0.15, 0.2) is 54.4 Å². The molecule has 140 valence electrons. The van der Waals surface area contributed by atoms with Crippen molar-refractivity contribution >= 4 is 17.2 Å². The van der Waals surface area contributed by atoms with Crippen molar-refractivity contribution in [3.05, 3.63) is 60.1 Å². The second-order valence-electron chi connectivity index (χ2n) is 7.01. The highest BCUT2D eigenvalue weighted by atomic mass is 32.1. The number of aryl methyl sites for hydroxylation is 1. The summed E-state index contributed by atoms with van der Waals surface area (Å²) in [6.45, 7) is 1.77. The fourth-order valence-corrected chi connectivity index (χ4v) is 4.53. The Kier molecular flexibility index (Phi) is 5.63. The predicted octanol–water partition coefficient (Wildman–Crippen LogP) is 4.02. The summed E-state index contributed by atoms with van der Waals surface area (Å²) >= 11 is 1.61. The lowest BCUT2D eigenvalue weighted by molar-refractivity contribution is -0.134. The van der Waals surface area contributed by atoms with Gasteiger partial charge in [-0.1, -0.05) is 30.3 Å². The number of amides is 1. The number of thiazole rings is 1. The molecule has 4 rings (SSSR count). The molecule has 0 unspecified atom stereocenters. The molecule has 1 fully saturated rings. The predicted molar refractivity (Wildman–Crippen MR) is 107 cm³/mol. The second-order valence-corrected chi connectivity index (χ2v) is 7.87. The molecule has 3 aromatic rings. The van der Waals surface area contributed by atoms with Crippen LogP contribution < -0.4 is 0 Å². The van der Waals surface area contributed by atoms with Gasteiger partial charge in [0.15, 0.2) is 0 Å². The van der Waals surface area contributed by atoms with Crippen LogP contribution in [0.1, 0.15) is 31.4 Å². The van der Waals surface area contributed by atoms with E-state index in [1.54, 1.807) is 17.5 Å². The Balaban J connectivity index is 1.39. The number of benzene rings is 1. The van der Waals surface area contributed by atoms with E-state index in [0.717, 1.165) is 48.6 Å². The van der Waals surface area contributed by atoms with E-state index in [1.165, 1.54) is 6.42 Å². The number of nitrogens with zero attached hydrogens (tertiary/aromatic N) is 4. The van der Waals surface area contributed by atoms with Crippen LogP contribution in [0.2, 0.25) is 0 Å². The van der Waals surface area contributed by atoms with Gasteiger partial charge in [-0.3, -0.25) is 4.79 Å². The monoisotopic (exact) mass is 380 g/mol. The van der Waals surface area contributed by atoms with Crippen LogP contribution in [0, 0.1) is 0 Å². The summed E-state index contributed by atoms with van der Waals surface area (Å²) in [4.78, 5) is 23.8. The van der Waals surface area contributed by atoms with E-state index in [0.29, 0.717) is 12.5 Å². The smallest absolute Gasteiger partial charge is 0.228 e. The Bertz CT molecular complexity index is 859. The molecule has 0 saturated carbocycles. The molecule has 1 atom stereocenters. The van der Waals surface area contributed by atoms with E-state index in [1.807, 2.05) is 36.1 Å². The lowest BCUT2D eigenvalue weighted by Gasteiger charge is -2.36. The van der Waals surface area contributed by atoms with Gasteiger partial charge >= 0.3 is 0 Å². The zero-order chi connectivity index (χ0) is 18.5. The van der Waals surface area contributed by atoms with Gasteiger partial charge in [-0.2, -0.15) is 0 Å². The van der Waals surface area contributed by atoms with Crippen LogP contribution in [0.3, 0.4) is 0 Å². The van der Waals surface area contributed by atoms with E-state index in [9.17, 15) is 4.79 Å². The Morgan fingerprint density at radius 2 is 2.11 bits per heavy atom. The molecular formula is C21H24N4OS. The Morgan fingerprint density at radius 3 is 2.93 bits per heavy atom. The number of piperidine rings is 1. The fourth-order valence-electron chi connectivity index (χ4n) is 3.70. The van der Waals surface area contributed by atoms with E-state index in [4.69, 9.17) is 0 Å². The van der Waals surface area contributed by atoms with Gasteiger partial charge in [0, 0.05) is 42.5 Å². The van der Waals surface area contributed by atoms with Crippen molar-refractivity contribution in [2.24, 2.45) is 0 Å². The molecule has 0 radical (unpaired) electrons. The molecule has 27 heavy (non-hydrogen) atoms. The quantitative estimate of drug-likeness (QED) is 0.649. The molecule has 1 aliphatic heterocycles. The van der Waals surface area contributed by atoms with Gasteiger partial charge in [0.25, 0.3) is 0 Å². The highest BCUT2D eigenvalue weighted by Crippen LogP contribution is 2.25. The molecule has 0 spiro atoms. The molecule has 1 saturated heterocycles. The summed E-state index contributed by atoms with van der Waals surface area (Å²) in [6.07, 6.45) is 10.4. The zero-order valence-corrected chi connectivity index (χ0v) is 16.1. The fraction of sp³-hybridized carbons (Fsp3) is 0.381. The van der Waals surface area contributed by atoms with Crippen molar-refractivity contribution in [3.8, 4) is 10.6 Å². The lowest BCUT2D eigenvalue weighted by Crippen LogP contribution is -2.44. The minimum atomic E-state index is 0.204. The number of hydrogen-bond acceptors (Lipinski definition) is 4. The van der Waals surface area contributed by atoms with E-state index >= 15 is 0 Å². The average molecular weight is 381 g/mol. The third-order valence-electron chi connectivity index (χ3n) is 5.13. The minimum Gasteiger partial charge on any atom is -0.339 e. The molecule has 3 heterocycles. The normalized spacial score (nSPS) is 17.2. The van der Waals surface area contributed by atoms with Gasteiger partial charge in [0.05, 0.1) is 18.4 Å². The van der Waals surface area contributed by atoms with Gasteiger partial charge in [0.1, 0.15) is 5.01 Å². The second kappa shape index (κ2) is 8.48. The molecule has 1 amide bonds. The summed E-state index contributed by atoms with van der Waals surface area (Å²) in [6, 6.07) is 10.5. The standard InChI is InChI=1S/C21H24N4OS/c26-20(14-18-15-27-21(23-18)17-6-2-1-3-7-17)25-11-5-4-8-19(25)9-12-24-13-10-22-16-24/h1-3,6-7,10,13,15-16,19H,4-5,8-9,11-12,14H2/t19-/m1/s1. The molecule has 2 aromatic heterocycles. The van der Waals surface area contributed by atoms with Crippen molar-refractivity contribution in [1.29, 1.82) is 0 Å². The number of likely N-dealkylation sites (tertiary alicyclic amines) is 1. The molecule has 0 aliphatic carbocycles. The Hall–Kier alpha value is -2.47. The molecule has 0 N–H and O–H groups in total. The third-order valence-corrected chi connectivity index (χ3v) is 6.07. The highest BCUT2D eigenvalue weighted by Gasteiger charge is 2.26. The average Bonchev–Trinajstić information content (AvgIpc) is 3.39. The minimum absolute atomic E-state index is 0.204. The van der Waals surface area contributed by atoms with Crippen LogP contribution in [0.5, 0.6) is 0 Å². The van der Waals surface area contributed by atoms with E-state index in [2.05, 4.69) is 31.6 Å². The first kappa shape index (κ1) is 17.9. The Morgan fingerprint density at radius 1 is 1.22 bits per heavy atom. The van der Waals surface area contributed by atoms with Gasteiger partial charge < -0.3 is 9.47 Å². The molecule has 1 aliphatic rings. The SMILES string of the molecule is O=C(Cc1csc(-c2ccccc2)n1)N1CCCC[C@@H]1CCn1ccnc1. The van der Waals surface area contributed by atoms with Gasteiger partial charge in [0.2, 0.25) is 5.91 Å². The summed E-state index contributed by atoms with van der Waals surface area (Å²) < 4.78 is 2.09. The highest BCUT2D eigenvalue weighted by molar-refractivity contribution is 7.13. The summed E-state index contributed by atoms with van der Waals surface area (Å²) in [5.41, 5.74) is 1.99. The topological polar surface area (TPSA) is 51.0 Å². The molecule has 1 aromatic carbocycles. The molecule has 0 bridgehead atoms. The van der Waals surface area contributed by atoms with Crippen molar-refractivity contribution in [2.45, 2.75) is 44.7 Å². The summed E-state index contributed by atoms with van der Waals surface area (Å²) in [5, 5.41) is 3.00. The van der Waals surface area contributed by atoms with Crippen LogP contribution in [-0.2, 0) is 17.8 Å². The maximum Gasteiger partial charge on any atom is 0.228 e. The number of aromatic nitrogens is 3. The first-order valence-corrected chi connectivity index (χ1v) is 10.4. The number of rotatable bonds is 6. The maximum absolute atomic E-state index is 13.0. The van der Waals surface area contributed by atoms with Crippen molar-refractivity contribution in [3.63, 3.8) is 0 Å². The first-order chi connectivity index (χ1) is 13.3. The van der Waals surface area contributed by atoms with E-state index in [-0.39, 0.29) is 5.91 Å². The van der Waals surface area contributed by atoms with E-state index < -0.39 is 0 Å². The maximum atomic E-state index is 13.0. The van der Waals surface area contributed by atoms with Gasteiger partial charge in [-0.15, -0.1) is 11.3 Å². The Labute approximate surface area is 163 Å². The molecule has 6 heteroatoms. The van der Waals surface area contributed by atoms with Crippen LogP contribution in [0.4, 0.5) is 0 Å². The van der Waals surface area contributed by atoms with Crippen molar-refractivity contribution in [1.82, 2.24) is 19.4 Å².